The molecule has 0 bridgehead atoms. The normalized spacial score (nSPS) is 36.0. The Labute approximate surface area is 206 Å². The fourth-order valence-corrected chi connectivity index (χ4v) is 6.97. The molecule has 1 aromatic rings. The number of carbonyl (C=O) groups excluding carboxylic acids is 1. The molecular weight excluding hydrogens is 452 g/mol. The highest BCUT2D eigenvalue weighted by atomic mass is 19.3. The Morgan fingerprint density at radius 2 is 1.74 bits per heavy atom. The van der Waals surface area contributed by atoms with Crippen LogP contribution in [-0.2, 0) is 9.47 Å². The molecule has 0 radical (unpaired) electrons. The number of benzene rings is 1. The van der Waals surface area contributed by atoms with Gasteiger partial charge in [0.05, 0.1) is 18.8 Å². The van der Waals surface area contributed by atoms with E-state index in [1.807, 2.05) is 30.3 Å². The lowest BCUT2D eigenvalue weighted by molar-refractivity contribution is -0.287. The Balaban J connectivity index is 1.39. The molecular formula is C27H39F2N3O3. The summed E-state index contributed by atoms with van der Waals surface area (Å²) >= 11 is 0. The molecule has 3 N–H and O–H groups in total. The predicted molar refractivity (Wildman–Crippen MR) is 130 cm³/mol. The number of nitrogens with one attached hydrogen (secondary N) is 3. The molecule has 4 unspecified atom stereocenters. The van der Waals surface area contributed by atoms with Crippen molar-refractivity contribution < 1.29 is 23.0 Å². The van der Waals surface area contributed by atoms with Crippen LogP contribution in [0.2, 0.25) is 0 Å². The second-order valence-corrected chi connectivity index (χ2v) is 10.8. The van der Waals surface area contributed by atoms with Gasteiger partial charge < -0.3 is 20.1 Å². The average molecular weight is 492 g/mol. The van der Waals surface area contributed by atoms with Gasteiger partial charge in [-0.15, -0.1) is 0 Å². The lowest BCUT2D eigenvalue weighted by Crippen LogP contribution is -2.71. The van der Waals surface area contributed by atoms with E-state index in [2.05, 4.69) is 16.0 Å². The van der Waals surface area contributed by atoms with E-state index in [0.717, 1.165) is 70.0 Å². The summed E-state index contributed by atoms with van der Waals surface area (Å²) in [5, 5.41) is 9.83. The molecule has 4 aliphatic rings. The summed E-state index contributed by atoms with van der Waals surface area (Å²) in [4.78, 5) is 13.0. The zero-order chi connectivity index (χ0) is 24.3. The number of carbonyl (C=O) groups is 1. The van der Waals surface area contributed by atoms with Crippen molar-refractivity contribution in [2.75, 3.05) is 18.5 Å². The van der Waals surface area contributed by atoms with Gasteiger partial charge in [0.15, 0.2) is 0 Å². The molecule has 4 fully saturated rings. The number of urea groups is 1. The fourth-order valence-electron chi connectivity index (χ4n) is 6.97. The summed E-state index contributed by atoms with van der Waals surface area (Å²) in [7, 11) is 0. The summed E-state index contributed by atoms with van der Waals surface area (Å²) in [5.74, 6) is -0.0944. The van der Waals surface area contributed by atoms with E-state index in [4.69, 9.17) is 9.47 Å². The van der Waals surface area contributed by atoms with Crippen LogP contribution in [0.4, 0.5) is 19.3 Å². The van der Waals surface area contributed by atoms with Crippen LogP contribution in [0.1, 0.15) is 70.6 Å². The highest BCUT2D eigenvalue weighted by Crippen LogP contribution is 2.49. The topological polar surface area (TPSA) is 71.6 Å². The molecule has 194 valence electrons. The van der Waals surface area contributed by atoms with Crippen molar-refractivity contribution >= 4 is 11.7 Å². The van der Waals surface area contributed by atoms with Crippen molar-refractivity contribution in [3.8, 4) is 0 Å². The summed E-state index contributed by atoms with van der Waals surface area (Å²) in [6.07, 6.45) is 6.89. The largest absolute Gasteiger partial charge is 0.368 e. The van der Waals surface area contributed by atoms with Gasteiger partial charge in [0.1, 0.15) is 11.3 Å². The minimum atomic E-state index is -2.52. The standard InChI is InChI=1S/C27H39F2N3O3/c28-24(29)26(16-18-34-26)21-13-6-7-14-22(21)35-27(19-9-4-5-10-19)23(15-8-17-30-27)32-25(33)31-20-11-2-1-3-12-20/h1-3,11-12,19,21-24,30H,4-10,13-18H2,(H2,31,32,33)/t21?,22-,23?,26?,27?/m0/s1. The van der Waals surface area contributed by atoms with Crippen LogP contribution in [0.15, 0.2) is 30.3 Å². The van der Waals surface area contributed by atoms with Crippen LogP contribution in [0.5, 0.6) is 0 Å². The molecule has 0 spiro atoms. The Bertz CT molecular complexity index is 847. The third-order valence-corrected chi connectivity index (χ3v) is 8.80. The number of hydrogen-bond donors (Lipinski definition) is 3. The Hall–Kier alpha value is -1.77. The van der Waals surface area contributed by atoms with Gasteiger partial charge in [-0.3, -0.25) is 5.32 Å². The van der Waals surface area contributed by atoms with E-state index in [1.165, 1.54) is 0 Å². The zero-order valence-corrected chi connectivity index (χ0v) is 20.4. The second kappa shape index (κ2) is 10.7. The minimum Gasteiger partial charge on any atom is -0.368 e. The van der Waals surface area contributed by atoms with E-state index in [0.29, 0.717) is 19.4 Å². The van der Waals surface area contributed by atoms with Crippen LogP contribution >= 0.6 is 0 Å². The van der Waals surface area contributed by atoms with Gasteiger partial charge in [-0.05, 0) is 57.2 Å². The first-order valence-electron chi connectivity index (χ1n) is 13.5. The number of rotatable bonds is 7. The molecule has 2 aliphatic carbocycles. The van der Waals surface area contributed by atoms with Crippen molar-refractivity contribution in [2.45, 2.75) is 101 Å². The van der Waals surface area contributed by atoms with Crippen LogP contribution in [0, 0.1) is 11.8 Å². The van der Waals surface area contributed by atoms with E-state index in [-0.39, 0.29) is 30.0 Å². The van der Waals surface area contributed by atoms with Crippen molar-refractivity contribution in [3.63, 3.8) is 0 Å². The summed E-state index contributed by atoms with van der Waals surface area (Å²) in [6.45, 7) is 1.19. The minimum absolute atomic E-state index is 0.234. The summed E-state index contributed by atoms with van der Waals surface area (Å²) < 4.78 is 41.2. The molecule has 5 atom stereocenters. The number of anilines is 1. The maximum absolute atomic E-state index is 14.3. The number of piperidine rings is 1. The van der Waals surface area contributed by atoms with Crippen LogP contribution in [0.25, 0.3) is 0 Å². The van der Waals surface area contributed by atoms with E-state index in [1.54, 1.807) is 0 Å². The molecule has 1 aromatic carbocycles. The molecule has 2 aliphatic heterocycles. The monoisotopic (exact) mass is 491 g/mol. The number of halogens is 2. The van der Waals surface area contributed by atoms with Crippen LogP contribution in [0.3, 0.4) is 0 Å². The van der Waals surface area contributed by atoms with Gasteiger partial charge in [-0.25, -0.2) is 13.6 Å². The molecule has 35 heavy (non-hydrogen) atoms. The smallest absolute Gasteiger partial charge is 0.319 e. The lowest BCUT2D eigenvalue weighted by Gasteiger charge is -2.55. The summed E-state index contributed by atoms with van der Waals surface area (Å²) in [5.41, 5.74) is -1.41. The first-order chi connectivity index (χ1) is 17.0. The fraction of sp³-hybridized carbons (Fsp3) is 0.741. The highest BCUT2D eigenvalue weighted by molar-refractivity contribution is 5.89. The van der Waals surface area contributed by atoms with Crippen molar-refractivity contribution in [3.05, 3.63) is 30.3 Å². The third-order valence-electron chi connectivity index (χ3n) is 8.80. The molecule has 2 amide bonds. The van der Waals surface area contributed by atoms with Gasteiger partial charge in [-0.2, -0.15) is 0 Å². The van der Waals surface area contributed by atoms with Gasteiger partial charge >= 0.3 is 6.03 Å². The van der Waals surface area contributed by atoms with E-state index >= 15 is 0 Å². The third kappa shape index (κ3) is 4.94. The SMILES string of the molecule is O=C(Nc1ccccc1)NC1CCCNC1(O[C@H]1CCCCC1C1(C(F)F)CCO1)C1CCCC1. The van der Waals surface area contributed by atoms with Gasteiger partial charge in [0.2, 0.25) is 0 Å². The first kappa shape index (κ1) is 24.9. The number of hydrogen-bond acceptors (Lipinski definition) is 4. The predicted octanol–water partition coefficient (Wildman–Crippen LogP) is 5.45. The highest BCUT2D eigenvalue weighted by Gasteiger charge is 2.59. The van der Waals surface area contributed by atoms with Crippen LogP contribution < -0.4 is 16.0 Å². The van der Waals surface area contributed by atoms with Crippen molar-refractivity contribution in [1.82, 2.24) is 10.6 Å². The molecule has 2 saturated carbocycles. The number of amides is 2. The second-order valence-electron chi connectivity index (χ2n) is 10.8. The van der Waals surface area contributed by atoms with Crippen LogP contribution in [-0.4, -0.2) is 49.1 Å². The van der Waals surface area contributed by atoms with Gasteiger partial charge in [0, 0.05) is 23.9 Å². The maximum Gasteiger partial charge on any atom is 0.319 e. The number of para-hydroxylation sites is 1. The number of alkyl halides is 2. The molecule has 6 nitrogen and oxygen atoms in total. The molecule has 2 saturated heterocycles. The van der Waals surface area contributed by atoms with E-state index < -0.39 is 17.8 Å². The zero-order valence-electron chi connectivity index (χ0n) is 20.4. The van der Waals surface area contributed by atoms with Gasteiger partial charge in [-0.1, -0.05) is 43.9 Å². The molecule has 8 heteroatoms. The number of ether oxygens (including phenoxy) is 2. The van der Waals surface area contributed by atoms with Crippen molar-refractivity contribution in [2.24, 2.45) is 11.8 Å². The molecule has 5 rings (SSSR count). The summed E-state index contributed by atoms with van der Waals surface area (Å²) in [6, 6.07) is 8.88. The van der Waals surface area contributed by atoms with Crippen molar-refractivity contribution in [1.29, 1.82) is 0 Å². The van der Waals surface area contributed by atoms with E-state index in [9.17, 15) is 13.6 Å². The first-order valence-corrected chi connectivity index (χ1v) is 13.5. The Kier molecular flexibility index (Phi) is 7.61. The molecule has 2 heterocycles. The Morgan fingerprint density at radius 3 is 2.43 bits per heavy atom. The Morgan fingerprint density at radius 1 is 1.03 bits per heavy atom. The molecule has 0 aromatic heterocycles. The van der Waals surface area contributed by atoms with Gasteiger partial charge in [0.25, 0.3) is 6.43 Å². The quantitative estimate of drug-likeness (QED) is 0.475. The maximum atomic E-state index is 14.3. The lowest BCUT2D eigenvalue weighted by atomic mass is 9.71. The average Bonchev–Trinajstić information content (AvgIpc) is 3.37.